The van der Waals surface area contributed by atoms with E-state index in [2.05, 4.69) is 10.6 Å². The Balaban J connectivity index is 1.70. The van der Waals surface area contributed by atoms with Gasteiger partial charge in [-0.2, -0.15) is 0 Å². The number of sulfonamides is 1. The third-order valence-electron chi connectivity index (χ3n) is 5.92. The third-order valence-corrected chi connectivity index (χ3v) is 8.30. The van der Waals surface area contributed by atoms with Crippen molar-refractivity contribution in [2.24, 2.45) is 5.92 Å². The molecule has 1 aliphatic heterocycles. The molecule has 34 heavy (non-hydrogen) atoms. The Kier molecular flexibility index (Phi) is 8.98. The van der Waals surface area contributed by atoms with E-state index in [9.17, 15) is 18.0 Å². The summed E-state index contributed by atoms with van der Waals surface area (Å²) in [6.45, 7) is 4.29. The minimum absolute atomic E-state index is 0.00232. The lowest BCUT2D eigenvalue weighted by atomic mass is 9.98. The Morgan fingerprint density at radius 3 is 2.62 bits per heavy atom. The van der Waals surface area contributed by atoms with Crippen LogP contribution in [0.15, 0.2) is 42.5 Å². The first kappa shape index (κ1) is 26.5. The number of hydrogen-bond donors (Lipinski definition) is 2. The molecule has 0 bridgehead atoms. The van der Waals surface area contributed by atoms with Crippen LogP contribution in [-0.4, -0.2) is 43.7 Å². The van der Waals surface area contributed by atoms with Crippen LogP contribution in [0.2, 0.25) is 10.0 Å². The number of nitrogens with zero attached hydrogens (tertiary/aromatic N) is 1. The van der Waals surface area contributed by atoms with Crippen molar-refractivity contribution in [3.63, 3.8) is 0 Å². The number of anilines is 1. The van der Waals surface area contributed by atoms with E-state index >= 15 is 0 Å². The molecule has 184 valence electrons. The van der Waals surface area contributed by atoms with Crippen molar-refractivity contribution in [1.82, 2.24) is 9.62 Å². The van der Waals surface area contributed by atoms with Gasteiger partial charge in [0.05, 0.1) is 22.9 Å². The van der Waals surface area contributed by atoms with Gasteiger partial charge in [-0.1, -0.05) is 48.3 Å². The van der Waals surface area contributed by atoms with Gasteiger partial charge in [-0.3, -0.25) is 9.59 Å². The average Bonchev–Trinajstić information content (AvgIpc) is 2.81. The van der Waals surface area contributed by atoms with Gasteiger partial charge in [0, 0.05) is 29.2 Å². The maximum absolute atomic E-state index is 13.0. The van der Waals surface area contributed by atoms with Crippen molar-refractivity contribution in [2.45, 2.75) is 44.9 Å². The van der Waals surface area contributed by atoms with Crippen LogP contribution in [-0.2, 0) is 20.6 Å². The molecule has 3 rings (SSSR count). The zero-order valence-corrected chi connectivity index (χ0v) is 21.5. The fourth-order valence-electron chi connectivity index (χ4n) is 3.76. The highest BCUT2D eigenvalue weighted by Crippen LogP contribution is 2.27. The molecule has 1 saturated heterocycles. The van der Waals surface area contributed by atoms with Gasteiger partial charge in [-0.25, -0.2) is 12.7 Å². The Morgan fingerprint density at radius 2 is 1.91 bits per heavy atom. The summed E-state index contributed by atoms with van der Waals surface area (Å²) in [6, 6.07) is 11.5. The lowest BCUT2D eigenvalue weighted by Crippen LogP contribution is -2.44. The highest BCUT2D eigenvalue weighted by atomic mass is 35.5. The van der Waals surface area contributed by atoms with Gasteiger partial charge in [-0.05, 0) is 56.0 Å². The predicted molar refractivity (Wildman–Crippen MR) is 136 cm³/mol. The summed E-state index contributed by atoms with van der Waals surface area (Å²) in [5.74, 6) is -1.38. The molecule has 2 unspecified atom stereocenters. The van der Waals surface area contributed by atoms with Crippen LogP contribution in [0.25, 0.3) is 0 Å². The van der Waals surface area contributed by atoms with Gasteiger partial charge in [0.15, 0.2) is 0 Å². The predicted octanol–water partition coefficient (Wildman–Crippen LogP) is 4.70. The Morgan fingerprint density at radius 1 is 1.18 bits per heavy atom. The first-order valence-electron chi connectivity index (χ1n) is 11.2. The molecular weight excluding hydrogens is 497 g/mol. The van der Waals surface area contributed by atoms with Crippen molar-refractivity contribution in [1.29, 1.82) is 0 Å². The molecule has 1 aliphatic rings. The molecule has 0 saturated carbocycles. The molecule has 10 heteroatoms. The number of benzene rings is 2. The lowest BCUT2D eigenvalue weighted by Gasteiger charge is -2.31. The van der Waals surface area contributed by atoms with E-state index in [1.165, 1.54) is 10.4 Å². The van der Waals surface area contributed by atoms with E-state index in [1.807, 2.05) is 13.8 Å². The Labute approximate surface area is 210 Å². The fourth-order valence-corrected chi connectivity index (χ4v) is 5.96. The van der Waals surface area contributed by atoms with Crippen molar-refractivity contribution < 1.29 is 18.0 Å². The summed E-state index contributed by atoms with van der Waals surface area (Å²) in [7, 11) is -3.69. The second kappa shape index (κ2) is 11.5. The number of rotatable bonds is 8. The van der Waals surface area contributed by atoms with Gasteiger partial charge in [0.25, 0.3) is 5.91 Å². The van der Waals surface area contributed by atoms with Gasteiger partial charge in [0.2, 0.25) is 15.9 Å². The number of para-hydroxylation sites is 1. The fraction of sp³-hybridized carbons (Fsp3) is 0.417. The molecular formula is C24H29Cl2N3O4S. The molecule has 0 radical (unpaired) electrons. The molecule has 2 aromatic rings. The van der Waals surface area contributed by atoms with Crippen molar-refractivity contribution >= 4 is 50.7 Å². The van der Waals surface area contributed by atoms with Crippen LogP contribution in [0, 0.1) is 5.92 Å². The number of piperidine rings is 1. The van der Waals surface area contributed by atoms with Crippen LogP contribution in [0.3, 0.4) is 0 Å². The molecule has 1 heterocycles. The molecule has 0 spiro atoms. The number of amides is 2. The molecule has 7 nitrogen and oxygen atoms in total. The largest absolute Gasteiger partial charge is 0.350 e. The zero-order chi connectivity index (χ0) is 24.9. The molecule has 2 atom stereocenters. The monoisotopic (exact) mass is 525 g/mol. The topological polar surface area (TPSA) is 95.6 Å². The van der Waals surface area contributed by atoms with E-state index < -0.39 is 15.9 Å². The summed E-state index contributed by atoms with van der Waals surface area (Å²) in [5.41, 5.74) is 1.23. The number of carbonyl (C=O) groups excluding carboxylic acids is 2. The van der Waals surface area contributed by atoms with E-state index in [1.54, 1.807) is 36.4 Å². The molecule has 0 aromatic heterocycles. The van der Waals surface area contributed by atoms with Crippen LogP contribution in [0.5, 0.6) is 0 Å². The van der Waals surface area contributed by atoms with Crippen molar-refractivity contribution in [3.05, 3.63) is 63.6 Å². The first-order valence-corrected chi connectivity index (χ1v) is 13.6. The molecule has 0 aliphatic carbocycles. The summed E-state index contributed by atoms with van der Waals surface area (Å²) >= 11 is 12.1. The first-order chi connectivity index (χ1) is 16.1. The molecule has 2 amide bonds. The smallest absolute Gasteiger partial charge is 0.253 e. The van der Waals surface area contributed by atoms with E-state index in [4.69, 9.17) is 23.2 Å². The summed E-state index contributed by atoms with van der Waals surface area (Å²) < 4.78 is 27.4. The highest BCUT2D eigenvalue weighted by molar-refractivity contribution is 7.88. The third kappa shape index (κ3) is 6.72. The minimum Gasteiger partial charge on any atom is -0.350 e. The second-order valence-corrected chi connectivity index (χ2v) is 11.3. The number of nitrogens with one attached hydrogen (secondary N) is 2. The number of halogens is 2. The van der Waals surface area contributed by atoms with E-state index in [-0.39, 0.29) is 35.2 Å². The van der Waals surface area contributed by atoms with Crippen molar-refractivity contribution in [3.8, 4) is 0 Å². The highest BCUT2D eigenvalue weighted by Gasteiger charge is 2.33. The Hall–Kier alpha value is -2.13. The Bertz CT molecular complexity index is 1160. The number of hydrogen-bond acceptors (Lipinski definition) is 4. The summed E-state index contributed by atoms with van der Waals surface area (Å²) in [4.78, 5) is 25.7. The zero-order valence-electron chi connectivity index (χ0n) is 19.2. The standard InChI is InChI=1S/C24H29Cl2N3O4S/c1-3-16(2)27-24(31)20-8-4-5-9-22(20)28-23(30)17-7-6-12-29(14-17)34(32,33)15-18-10-11-19(25)13-21(18)26/h4-5,8-11,13,16-17H,3,6-7,12,14-15H2,1-2H3,(H,27,31)(H,28,30). The summed E-state index contributed by atoms with van der Waals surface area (Å²) in [5, 5.41) is 6.45. The molecule has 2 N–H and O–H groups in total. The molecule has 2 aromatic carbocycles. The van der Waals surface area contributed by atoms with Crippen LogP contribution < -0.4 is 10.6 Å². The lowest BCUT2D eigenvalue weighted by molar-refractivity contribution is -0.120. The van der Waals surface area contributed by atoms with Gasteiger partial charge in [-0.15, -0.1) is 0 Å². The van der Waals surface area contributed by atoms with Gasteiger partial charge in [0.1, 0.15) is 0 Å². The van der Waals surface area contributed by atoms with Gasteiger partial charge >= 0.3 is 0 Å². The minimum atomic E-state index is -3.69. The van der Waals surface area contributed by atoms with Crippen LogP contribution in [0.4, 0.5) is 5.69 Å². The quantitative estimate of drug-likeness (QED) is 0.521. The van der Waals surface area contributed by atoms with E-state index in [0.717, 1.165) is 6.42 Å². The summed E-state index contributed by atoms with van der Waals surface area (Å²) in [6.07, 6.45) is 1.90. The van der Waals surface area contributed by atoms with Crippen molar-refractivity contribution in [2.75, 3.05) is 18.4 Å². The maximum Gasteiger partial charge on any atom is 0.253 e. The second-order valence-electron chi connectivity index (χ2n) is 8.51. The SMILES string of the molecule is CCC(C)NC(=O)c1ccccc1NC(=O)C1CCCN(S(=O)(=O)Cc2ccc(Cl)cc2Cl)C1. The van der Waals surface area contributed by atoms with E-state index in [0.29, 0.717) is 41.2 Å². The number of carbonyl (C=O) groups is 2. The molecule has 1 fully saturated rings. The average molecular weight is 526 g/mol. The van der Waals surface area contributed by atoms with Crippen LogP contribution in [0.1, 0.15) is 49.0 Å². The maximum atomic E-state index is 13.0. The normalized spacial score (nSPS) is 17.7. The van der Waals surface area contributed by atoms with Crippen LogP contribution >= 0.6 is 23.2 Å². The van der Waals surface area contributed by atoms with Gasteiger partial charge < -0.3 is 10.6 Å².